The number of hydrogen-bond acceptors (Lipinski definition) is 3. The molecule has 1 N–H and O–H groups in total. The summed E-state index contributed by atoms with van der Waals surface area (Å²) in [6.45, 7) is 3.93. The lowest BCUT2D eigenvalue weighted by Gasteiger charge is -2.34. The van der Waals surface area contributed by atoms with Crippen molar-refractivity contribution < 1.29 is 18.7 Å². The number of rotatable bonds is 4. The van der Waals surface area contributed by atoms with Gasteiger partial charge in [-0.05, 0) is 36.5 Å². The number of halogens is 2. The number of nitrogens with one attached hydrogen (secondary N) is 1. The zero-order chi connectivity index (χ0) is 17.0. The Bertz CT molecular complexity index is 593. The Morgan fingerprint density at radius 3 is 2.78 bits per heavy atom. The molecule has 1 aliphatic carbocycles. The van der Waals surface area contributed by atoms with Crippen LogP contribution in [-0.4, -0.2) is 24.5 Å². The topological polar surface area (TPSA) is 55.4 Å². The first-order chi connectivity index (χ1) is 10.9. The van der Waals surface area contributed by atoms with Crippen LogP contribution in [-0.2, 0) is 9.53 Å². The van der Waals surface area contributed by atoms with Gasteiger partial charge in [-0.3, -0.25) is 4.79 Å². The molecule has 1 amide bonds. The summed E-state index contributed by atoms with van der Waals surface area (Å²) in [5, 5.41) is 2.88. The molecule has 126 valence electrons. The molecular formula is C17H21ClFNO3. The molecule has 0 aromatic heterocycles. The van der Waals surface area contributed by atoms with Crippen LogP contribution in [0.25, 0.3) is 0 Å². The van der Waals surface area contributed by atoms with Gasteiger partial charge in [0, 0.05) is 6.04 Å². The highest BCUT2D eigenvalue weighted by Crippen LogP contribution is 2.29. The molecule has 23 heavy (non-hydrogen) atoms. The Morgan fingerprint density at radius 1 is 1.35 bits per heavy atom. The van der Waals surface area contributed by atoms with Crippen LogP contribution >= 0.6 is 11.6 Å². The number of esters is 1. The maximum atomic E-state index is 13.0. The van der Waals surface area contributed by atoms with E-state index in [0.29, 0.717) is 11.8 Å². The first-order valence-electron chi connectivity index (χ1n) is 7.80. The molecule has 3 atom stereocenters. The number of hydrogen-bond donors (Lipinski definition) is 1. The lowest BCUT2D eigenvalue weighted by atomic mass is 9.78. The van der Waals surface area contributed by atoms with Crippen LogP contribution in [0.5, 0.6) is 0 Å². The van der Waals surface area contributed by atoms with Crippen LogP contribution < -0.4 is 5.32 Å². The third-order valence-electron chi connectivity index (χ3n) is 4.54. The van der Waals surface area contributed by atoms with Gasteiger partial charge in [0.2, 0.25) is 0 Å². The summed E-state index contributed by atoms with van der Waals surface area (Å²) in [7, 11) is 0. The molecule has 0 bridgehead atoms. The van der Waals surface area contributed by atoms with Crippen LogP contribution in [0.15, 0.2) is 18.2 Å². The molecule has 0 unspecified atom stereocenters. The molecule has 4 nitrogen and oxygen atoms in total. The summed E-state index contributed by atoms with van der Waals surface area (Å²) >= 11 is 5.79. The van der Waals surface area contributed by atoms with Gasteiger partial charge in [0.15, 0.2) is 6.61 Å². The molecule has 0 saturated heterocycles. The van der Waals surface area contributed by atoms with Gasteiger partial charge in [-0.2, -0.15) is 0 Å². The van der Waals surface area contributed by atoms with Crippen LogP contribution in [0, 0.1) is 17.7 Å². The minimum atomic E-state index is -0.741. The van der Waals surface area contributed by atoms with Gasteiger partial charge in [0.05, 0.1) is 10.6 Å². The van der Waals surface area contributed by atoms with E-state index in [1.54, 1.807) is 0 Å². The Hall–Kier alpha value is -1.62. The second-order valence-electron chi connectivity index (χ2n) is 6.14. The quantitative estimate of drug-likeness (QED) is 0.852. The molecule has 1 saturated carbocycles. The summed E-state index contributed by atoms with van der Waals surface area (Å²) in [5.41, 5.74) is 0.0422. The fourth-order valence-electron chi connectivity index (χ4n) is 2.90. The van der Waals surface area contributed by atoms with E-state index in [1.165, 1.54) is 12.5 Å². The fraction of sp³-hybridized carbons (Fsp3) is 0.529. The largest absolute Gasteiger partial charge is 0.452 e. The maximum Gasteiger partial charge on any atom is 0.340 e. The maximum absolute atomic E-state index is 13.0. The summed E-state index contributed by atoms with van der Waals surface area (Å²) in [5.74, 6) is -0.646. The Morgan fingerprint density at radius 2 is 2.09 bits per heavy atom. The highest BCUT2D eigenvalue weighted by Gasteiger charge is 2.28. The average Bonchev–Trinajstić information content (AvgIpc) is 2.49. The highest BCUT2D eigenvalue weighted by atomic mass is 35.5. The Balaban J connectivity index is 1.85. The Kier molecular flexibility index (Phi) is 5.99. The summed E-state index contributed by atoms with van der Waals surface area (Å²) in [4.78, 5) is 23.8. The van der Waals surface area contributed by atoms with Gasteiger partial charge >= 0.3 is 5.97 Å². The van der Waals surface area contributed by atoms with E-state index in [2.05, 4.69) is 19.2 Å². The Labute approximate surface area is 140 Å². The van der Waals surface area contributed by atoms with Gasteiger partial charge in [-0.25, -0.2) is 9.18 Å². The second-order valence-corrected chi connectivity index (χ2v) is 6.55. The smallest absolute Gasteiger partial charge is 0.340 e. The third-order valence-corrected chi connectivity index (χ3v) is 4.85. The van der Waals surface area contributed by atoms with E-state index in [0.717, 1.165) is 25.0 Å². The lowest BCUT2D eigenvalue weighted by molar-refractivity contribution is -0.125. The highest BCUT2D eigenvalue weighted by molar-refractivity contribution is 6.33. The molecule has 2 rings (SSSR count). The molecule has 1 aliphatic rings. The van der Waals surface area contributed by atoms with Crippen molar-refractivity contribution in [2.45, 2.75) is 39.2 Å². The molecule has 6 heteroatoms. The zero-order valence-electron chi connectivity index (χ0n) is 13.3. The predicted molar refractivity (Wildman–Crippen MR) is 85.8 cm³/mol. The minimum Gasteiger partial charge on any atom is -0.452 e. The van der Waals surface area contributed by atoms with Crippen LogP contribution in [0.1, 0.15) is 43.5 Å². The van der Waals surface area contributed by atoms with Gasteiger partial charge in [0.1, 0.15) is 5.82 Å². The van der Waals surface area contributed by atoms with Crippen LogP contribution in [0.4, 0.5) is 4.39 Å². The van der Waals surface area contributed by atoms with Gasteiger partial charge in [-0.15, -0.1) is 0 Å². The van der Waals surface area contributed by atoms with Crippen LogP contribution in [0.2, 0.25) is 5.02 Å². The molecule has 1 aromatic carbocycles. The van der Waals surface area contributed by atoms with E-state index in [1.807, 2.05) is 0 Å². The van der Waals surface area contributed by atoms with Crippen molar-refractivity contribution >= 4 is 23.5 Å². The number of carbonyl (C=O) groups excluding carboxylic acids is 2. The fourth-order valence-corrected chi connectivity index (χ4v) is 3.14. The van der Waals surface area contributed by atoms with Crippen molar-refractivity contribution in [2.24, 2.45) is 11.8 Å². The zero-order valence-corrected chi connectivity index (χ0v) is 14.0. The lowest BCUT2D eigenvalue weighted by Crippen LogP contribution is -2.45. The third kappa shape index (κ3) is 4.67. The van der Waals surface area contributed by atoms with E-state index < -0.39 is 11.8 Å². The molecule has 0 radical (unpaired) electrons. The average molecular weight is 342 g/mol. The van der Waals surface area contributed by atoms with Crippen molar-refractivity contribution in [3.05, 3.63) is 34.6 Å². The number of ether oxygens (including phenoxy) is 1. The summed E-state index contributed by atoms with van der Waals surface area (Å²) < 4.78 is 17.9. The van der Waals surface area contributed by atoms with Crippen molar-refractivity contribution in [1.82, 2.24) is 5.32 Å². The van der Waals surface area contributed by atoms with E-state index in [-0.39, 0.29) is 29.1 Å². The summed E-state index contributed by atoms with van der Waals surface area (Å²) in [6, 6.07) is 3.50. The van der Waals surface area contributed by atoms with E-state index >= 15 is 0 Å². The second kappa shape index (κ2) is 7.77. The predicted octanol–water partition coefficient (Wildman–Crippen LogP) is 3.58. The summed E-state index contributed by atoms with van der Waals surface area (Å²) in [6.07, 6.45) is 3.20. The van der Waals surface area contributed by atoms with Crippen molar-refractivity contribution in [1.29, 1.82) is 0 Å². The van der Waals surface area contributed by atoms with Gasteiger partial charge in [0.25, 0.3) is 5.91 Å². The van der Waals surface area contributed by atoms with E-state index in [4.69, 9.17) is 16.3 Å². The van der Waals surface area contributed by atoms with Crippen molar-refractivity contribution in [3.8, 4) is 0 Å². The minimum absolute atomic E-state index is 0.0369. The molecule has 1 aromatic rings. The van der Waals surface area contributed by atoms with E-state index in [9.17, 15) is 14.0 Å². The van der Waals surface area contributed by atoms with Gasteiger partial charge in [-0.1, -0.05) is 38.3 Å². The molecule has 0 aliphatic heterocycles. The normalized spacial score (nSPS) is 24.1. The van der Waals surface area contributed by atoms with Crippen molar-refractivity contribution in [2.75, 3.05) is 6.61 Å². The first kappa shape index (κ1) is 17.7. The molecule has 1 fully saturated rings. The molecule has 0 spiro atoms. The van der Waals surface area contributed by atoms with Crippen molar-refractivity contribution in [3.63, 3.8) is 0 Å². The standard InChI is InChI=1S/C17H21ClFNO3/c1-10-4-3-5-15(11(10)2)20-16(21)9-23-17(22)13-7-6-12(19)8-14(13)18/h6-8,10-11,15H,3-5,9H2,1-2H3,(H,20,21)/t10-,11-,15+/m0/s1. The van der Waals surface area contributed by atoms with Gasteiger partial charge < -0.3 is 10.1 Å². The number of amides is 1. The molecule has 0 heterocycles. The SMILES string of the molecule is C[C@H]1[C@@H](C)CCC[C@H]1NC(=O)COC(=O)c1ccc(F)cc1Cl. The molecular weight excluding hydrogens is 321 g/mol. The number of benzene rings is 1. The first-order valence-corrected chi connectivity index (χ1v) is 8.18. The van der Waals surface area contributed by atoms with Crippen LogP contribution in [0.3, 0.4) is 0 Å². The monoisotopic (exact) mass is 341 g/mol. The number of carbonyl (C=O) groups is 2.